The van der Waals surface area contributed by atoms with E-state index in [4.69, 9.17) is 4.74 Å². The van der Waals surface area contributed by atoms with Gasteiger partial charge in [-0.15, -0.1) is 12.4 Å². The summed E-state index contributed by atoms with van der Waals surface area (Å²) in [6, 6.07) is 9.20. The number of methoxy groups -OCH3 is 1. The average Bonchev–Trinajstić information content (AvgIpc) is 3.05. The number of benzene rings is 1. The fraction of sp³-hybridized carbons (Fsp3) is 0.565. The van der Waals surface area contributed by atoms with Gasteiger partial charge in [-0.25, -0.2) is 18.4 Å². The Bertz CT molecular complexity index is 1020. The molecule has 2 fully saturated rings. The molecule has 2 aliphatic heterocycles. The van der Waals surface area contributed by atoms with Gasteiger partial charge in [-0.1, -0.05) is 6.07 Å². The van der Waals surface area contributed by atoms with Gasteiger partial charge >= 0.3 is 0 Å². The summed E-state index contributed by atoms with van der Waals surface area (Å²) in [7, 11) is -1.97. The highest BCUT2D eigenvalue weighted by Gasteiger charge is 2.31. The number of hydrogen-bond donors (Lipinski definition) is 0. The van der Waals surface area contributed by atoms with E-state index in [1.807, 2.05) is 19.9 Å². The highest BCUT2D eigenvalue weighted by atomic mass is 35.5. The average molecular weight is 496 g/mol. The SMILES string of the molecule is COc1cccc(S(=O)(=O)N2CCCN(C3CCN(c4nc(C)cc(C)n4)CC3)CC2)c1.Cl. The van der Waals surface area contributed by atoms with Crippen molar-refractivity contribution in [2.75, 3.05) is 51.3 Å². The first-order chi connectivity index (χ1) is 15.4. The normalized spacial score (nSPS) is 19.1. The van der Waals surface area contributed by atoms with Crippen LogP contribution in [0.1, 0.15) is 30.7 Å². The maximum Gasteiger partial charge on any atom is 0.243 e. The van der Waals surface area contributed by atoms with Gasteiger partial charge in [0.2, 0.25) is 16.0 Å². The predicted molar refractivity (Wildman–Crippen MR) is 132 cm³/mol. The fourth-order valence-corrected chi connectivity index (χ4v) is 6.21. The summed E-state index contributed by atoms with van der Waals surface area (Å²) in [4.78, 5) is 14.3. The molecule has 0 radical (unpaired) electrons. The lowest BCUT2D eigenvalue weighted by atomic mass is 10.0. The summed E-state index contributed by atoms with van der Waals surface area (Å²) in [5.74, 6) is 1.38. The Kier molecular flexibility index (Phi) is 8.55. The molecular weight excluding hydrogens is 462 g/mol. The van der Waals surface area contributed by atoms with Gasteiger partial charge in [-0.3, -0.25) is 4.90 Å². The van der Waals surface area contributed by atoms with E-state index in [9.17, 15) is 8.42 Å². The molecule has 8 nitrogen and oxygen atoms in total. The molecule has 0 amide bonds. The Morgan fingerprint density at radius 3 is 2.30 bits per heavy atom. The van der Waals surface area contributed by atoms with Crippen LogP contribution in [0.15, 0.2) is 35.2 Å². The van der Waals surface area contributed by atoms with Crippen LogP contribution in [0, 0.1) is 13.8 Å². The van der Waals surface area contributed by atoms with E-state index < -0.39 is 10.0 Å². The highest BCUT2D eigenvalue weighted by molar-refractivity contribution is 7.89. The van der Waals surface area contributed by atoms with Crippen LogP contribution >= 0.6 is 12.4 Å². The molecule has 10 heteroatoms. The maximum atomic E-state index is 13.2. The third-order valence-corrected chi connectivity index (χ3v) is 8.30. The lowest BCUT2D eigenvalue weighted by Crippen LogP contribution is -2.46. The van der Waals surface area contributed by atoms with Crippen LogP contribution in [-0.4, -0.2) is 80.0 Å². The zero-order chi connectivity index (χ0) is 22.7. The van der Waals surface area contributed by atoms with Gasteiger partial charge in [-0.2, -0.15) is 4.31 Å². The molecule has 33 heavy (non-hydrogen) atoms. The van der Waals surface area contributed by atoms with Crippen LogP contribution in [0.2, 0.25) is 0 Å². The number of nitrogens with zero attached hydrogens (tertiary/aromatic N) is 5. The van der Waals surface area contributed by atoms with Crippen molar-refractivity contribution in [3.05, 3.63) is 41.7 Å². The van der Waals surface area contributed by atoms with Gasteiger partial charge in [-0.05, 0) is 57.9 Å². The first-order valence-corrected chi connectivity index (χ1v) is 12.8. The topological polar surface area (TPSA) is 78.9 Å². The van der Waals surface area contributed by atoms with E-state index >= 15 is 0 Å². The van der Waals surface area contributed by atoms with E-state index in [1.165, 1.54) is 0 Å². The first kappa shape index (κ1) is 25.7. The zero-order valence-electron chi connectivity index (χ0n) is 19.6. The second kappa shape index (κ2) is 11.0. The molecule has 4 rings (SSSR count). The monoisotopic (exact) mass is 495 g/mol. The Hall–Kier alpha value is -1.94. The minimum absolute atomic E-state index is 0. The zero-order valence-corrected chi connectivity index (χ0v) is 21.2. The molecule has 2 aliphatic rings. The Labute approximate surface area is 203 Å². The minimum Gasteiger partial charge on any atom is -0.497 e. The maximum absolute atomic E-state index is 13.2. The van der Waals surface area contributed by atoms with Gasteiger partial charge in [0.25, 0.3) is 0 Å². The number of ether oxygens (including phenoxy) is 1. The molecule has 0 bridgehead atoms. The summed E-state index contributed by atoms with van der Waals surface area (Å²) in [5, 5.41) is 0. The molecular formula is C23H34ClN5O3S. The third-order valence-electron chi connectivity index (χ3n) is 6.40. The van der Waals surface area contributed by atoms with Crippen LogP contribution in [0.25, 0.3) is 0 Å². The molecule has 0 spiro atoms. The smallest absolute Gasteiger partial charge is 0.243 e. The molecule has 0 N–H and O–H groups in total. The minimum atomic E-state index is -3.52. The van der Waals surface area contributed by atoms with Crippen LogP contribution in [0.4, 0.5) is 5.95 Å². The largest absolute Gasteiger partial charge is 0.497 e. The van der Waals surface area contributed by atoms with Gasteiger partial charge < -0.3 is 9.64 Å². The second-order valence-electron chi connectivity index (χ2n) is 8.64. The number of piperidine rings is 1. The second-order valence-corrected chi connectivity index (χ2v) is 10.6. The van der Waals surface area contributed by atoms with Crippen molar-refractivity contribution in [1.29, 1.82) is 0 Å². The van der Waals surface area contributed by atoms with E-state index in [0.29, 0.717) is 29.8 Å². The molecule has 0 unspecified atom stereocenters. The van der Waals surface area contributed by atoms with E-state index in [1.54, 1.807) is 35.7 Å². The van der Waals surface area contributed by atoms with E-state index in [-0.39, 0.29) is 12.4 Å². The van der Waals surface area contributed by atoms with Crippen molar-refractivity contribution in [2.45, 2.75) is 44.0 Å². The number of aryl methyl sites for hydroxylation is 2. The van der Waals surface area contributed by atoms with Gasteiger partial charge in [0.1, 0.15) is 5.75 Å². The summed E-state index contributed by atoms with van der Waals surface area (Å²) in [6.07, 6.45) is 2.92. The number of aromatic nitrogens is 2. The van der Waals surface area contributed by atoms with Crippen LogP contribution in [-0.2, 0) is 10.0 Å². The first-order valence-electron chi connectivity index (χ1n) is 11.3. The molecule has 2 aromatic rings. The molecule has 0 saturated carbocycles. The van der Waals surface area contributed by atoms with Crippen molar-refractivity contribution in [2.24, 2.45) is 0 Å². The van der Waals surface area contributed by atoms with E-state index in [0.717, 1.165) is 62.8 Å². The Balaban J connectivity index is 0.00000306. The molecule has 0 aliphatic carbocycles. The molecule has 3 heterocycles. The van der Waals surface area contributed by atoms with Crippen LogP contribution in [0.5, 0.6) is 5.75 Å². The number of hydrogen-bond acceptors (Lipinski definition) is 7. The van der Waals surface area contributed by atoms with Crippen molar-refractivity contribution >= 4 is 28.4 Å². The fourth-order valence-electron chi connectivity index (χ4n) is 4.71. The number of sulfonamides is 1. The Morgan fingerprint density at radius 2 is 1.64 bits per heavy atom. The molecule has 1 aromatic carbocycles. The van der Waals surface area contributed by atoms with Crippen molar-refractivity contribution in [3.8, 4) is 5.75 Å². The molecule has 0 atom stereocenters. The molecule has 1 aromatic heterocycles. The predicted octanol–water partition coefficient (Wildman–Crippen LogP) is 2.89. The molecule has 182 valence electrons. The summed E-state index contributed by atoms with van der Waals surface area (Å²) >= 11 is 0. The quantitative estimate of drug-likeness (QED) is 0.631. The van der Waals surface area contributed by atoms with Crippen molar-refractivity contribution in [1.82, 2.24) is 19.2 Å². The molecule has 2 saturated heterocycles. The summed E-state index contributed by atoms with van der Waals surface area (Å²) in [6.45, 7) is 8.61. The van der Waals surface area contributed by atoms with Crippen LogP contribution in [0.3, 0.4) is 0 Å². The van der Waals surface area contributed by atoms with Crippen molar-refractivity contribution in [3.63, 3.8) is 0 Å². The summed E-state index contributed by atoms with van der Waals surface area (Å²) < 4.78 is 33.2. The van der Waals surface area contributed by atoms with Gasteiger partial charge in [0.05, 0.1) is 12.0 Å². The number of anilines is 1. The third kappa shape index (κ3) is 5.95. The van der Waals surface area contributed by atoms with Crippen molar-refractivity contribution < 1.29 is 13.2 Å². The lowest BCUT2D eigenvalue weighted by Gasteiger charge is -2.38. The lowest BCUT2D eigenvalue weighted by molar-refractivity contribution is 0.177. The van der Waals surface area contributed by atoms with Crippen LogP contribution < -0.4 is 9.64 Å². The summed E-state index contributed by atoms with van der Waals surface area (Å²) in [5.41, 5.74) is 2.00. The van der Waals surface area contributed by atoms with Gasteiger partial charge in [0, 0.05) is 56.2 Å². The number of rotatable bonds is 5. The standard InChI is InChI=1S/C23H33N5O3S.ClH/c1-18-16-19(2)25-23(24-18)27-12-8-20(9-13-27)26-10-5-11-28(15-14-26)32(29,30)22-7-4-6-21(17-22)31-3;/h4,6-7,16-17,20H,5,8-15H2,1-3H3;1H. The highest BCUT2D eigenvalue weighted by Crippen LogP contribution is 2.25. The van der Waals surface area contributed by atoms with Gasteiger partial charge in [0.15, 0.2) is 0 Å². The Morgan fingerprint density at radius 1 is 0.939 bits per heavy atom. The van der Waals surface area contributed by atoms with E-state index in [2.05, 4.69) is 19.8 Å². The number of halogens is 1.